The van der Waals surface area contributed by atoms with Crippen LogP contribution < -0.4 is 0 Å². The predicted molar refractivity (Wildman–Crippen MR) is 387 cm³/mol. The van der Waals surface area contributed by atoms with E-state index in [-0.39, 0.29) is 38.2 Å². The first-order valence-electron chi connectivity index (χ1n) is 38.6. The number of carbonyl (C=O) groups is 3. The summed E-state index contributed by atoms with van der Waals surface area (Å²) in [5.41, 5.74) is 0. The van der Waals surface area contributed by atoms with Crippen molar-refractivity contribution in [1.29, 1.82) is 0 Å². The molecule has 0 heterocycles. The maximum atomic E-state index is 13.0. The van der Waals surface area contributed by atoms with E-state index in [1.807, 2.05) is 21.1 Å². The van der Waals surface area contributed by atoms with E-state index in [0.29, 0.717) is 17.4 Å². The van der Waals surface area contributed by atoms with Crippen molar-refractivity contribution in [2.45, 2.75) is 379 Å². The maximum Gasteiger partial charge on any atom is 0.361 e. The first-order chi connectivity index (χ1) is 44.1. The second kappa shape index (κ2) is 71.6. The molecule has 1 N–H and O–H groups in total. The Hall–Kier alpha value is -3.27. The number of quaternary nitrogens is 1. The molecular formula is C81H148NO8+. The third-order valence-corrected chi connectivity index (χ3v) is 17.2. The smallest absolute Gasteiger partial charge is 0.361 e. The van der Waals surface area contributed by atoms with Gasteiger partial charge in [-0.15, -0.1) is 0 Å². The molecular weight excluding hydrogens is 1110 g/mol. The molecule has 0 aliphatic rings. The van der Waals surface area contributed by atoms with Crippen LogP contribution in [-0.4, -0.2) is 87.4 Å². The molecule has 2 unspecified atom stereocenters. The minimum absolute atomic E-state index is 0.176. The molecule has 0 aromatic carbocycles. The highest BCUT2D eigenvalue weighted by molar-refractivity contribution is 5.71. The number of unbranched alkanes of at least 4 members (excludes halogenated alkanes) is 45. The molecule has 0 radical (unpaired) electrons. The monoisotopic (exact) mass is 1260 g/mol. The molecule has 9 heteroatoms. The summed E-state index contributed by atoms with van der Waals surface area (Å²) in [6.07, 6.45) is 93.3. The van der Waals surface area contributed by atoms with Gasteiger partial charge in [-0.25, -0.2) is 4.79 Å². The molecule has 0 aromatic rings. The average molecular weight is 1260 g/mol. The molecule has 0 bridgehead atoms. The molecule has 9 nitrogen and oxygen atoms in total. The summed E-state index contributed by atoms with van der Waals surface area (Å²) in [5, 5.41) is 9.76. The zero-order chi connectivity index (χ0) is 65.4. The first-order valence-corrected chi connectivity index (χ1v) is 38.6. The van der Waals surface area contributed by atoms with Gasteiger partial charge in [-0.1, -0.05) is 363 Å². The Labute approximate surface area is 557 Å². The highest BCUT2D eigenvalue weighted by Crippen LogP contribution is 2.19. The van der Waals surface area contributed by atoms with E-state index in [4.69, 9.17) is 18.9 Å². The molecule has 0 spiro atoms. The number of likely N-dealkylation sites (N-methyl/N-ethyl adjacent to an activating group) is 1. The second-order valence-corrected chi connectivity index (χ2v) is 27.3. The number of hydrogen-bond acceptors (Lipinski definition) is 7. The van der Waals surface area contributed by atoms with Gasteiger partial charge in [-0.3, -0.25) is 9.59 Å². The Bertz CT molecular complexity index is 1710. The Balaban J connectivity index is 3.97. The fraction of sp³-hybridized carbons (Fsp3) is 0.815. The minimum Gasteiger partial charge on any atom is -0.477 e. The van der Waals surface area contributed by atoms with E-state index in [1.54, 1.807) is 0 Å². The van der Waals surface area contributed by atoms with Crippen LogP contribution in [0.4, 0.5) is 0 Å². The number of ether oxygens (including phenoxy) is 4. The van der Waals surface area contributed by atoms with E-state index in [0.717, 1.165) is 77.0 Å². The maximum absolute atomic E-state index is 13.0. The summed E-state index contributed by atoms with van der Waals surface area (Å²) in [7, 11) is 5.99. The summed E-state index contributed by atoms with van der Waals surface area (Å²) in [5.74, 6) is -1.98. The molecule has 0 fully saturated rings. The van der Waals surface area contributed by atoms with Crippen LogP contribution in [0.1, 0.15) is 367 Å². The van der Waals surface area contributed by atoms with Gasteiger partial charge in [0.2, 0.25) is 0 Å². The quantitative estimate of drug-likeness (QED) is 0.0211. The van der Waals surface area contributed by atoms with Gasteiger partial charge in [0.1, 0.15) is 13.2 Å². The van der Waals surface area contributed by atoms with Gasteiger partial charge in [0.25, 0.3) is 6.29 Å². The number of hydrogen-bond donors (Lipinski definition) is 1. The molecule has 0 rings (SSSR count). The fourth-order valence-corrected chi connectivity index (χ4v) is 11.4. The van der Waals surface area contributed by atoms with Crippen molar-refractivity contribution in [3.63, 3.8) is 0 Å². The first kappa shape index (κ1) is 86.7. The van der Waals surface area contributed by atoms with E-state index < -0.39 is 18.4 Å². The Morgan fingerprint density at radius 3 is 0.944 bits per heavy atom. The fourth-order valence-electron chi connectivity index (χ4n) is 11.4. The van der Waals surface area contributed by atoms with Crippen LogP contribution in [0.15, 0.2) is 72.9 Å². The predicted octanol–water partition coefficient (Wildman–Crippen LogP) is 24.4. The van der Waals surface area contributed by atoms with Crippen molar-refractivity contribution >= 4 is 17.9 Å². The standard InChI is InChI=1S/C81H147NO8/c1-6-8-10-12-14-16-18-20-22-24-26-28-30-32-33-34-35-36-37-38-39-40-41-42-43-44-45-46-47-48-50-52-54-56-58-60-62-64-66-68-70-72-79(84)90-77(76-89-81(80(85)86)87-74-73-82(3,4)5)75-88-78(83)71-69-67-65-63-61-59-57-55-53-51-49-31-29-27-25-23-21-19-17-15-13-11-9-7-2/h8,10,14,16,20,22,26,28,32-33,35-36,77,81H,6-7,9,11-13,15,17-19,21,23-25,27,29-31,34,37-76H2,1-5H3/p+1/b10-8-,16-14-,22-20-,28-26-,33-32-,36-35-. The van der Waals surface area contributed by atoms with Crippen LogP contribution in [0.25, 0.3) is 0 Å². The highest BCUT2D eigenvalue weighted by atomic mass is 16.7. The lowest BCUT2D eigenvalue weighted by Crippen LogP contribution is -2.40. The van der Waals surface area contributed by atoms with Crippen LogP contribution in [0.3, 0.4) is 0 Å². The van der Waals surface area contributed by atoms with E-state index in [9.17, 15) is 19.5 Å². The van der Waals surface area contributed by atoms with Crippen LogP contribution in [-0.2, 0) is 33.3 Å². The van der Waals surface area contributed by atoms with Gasteiger partial charge in [0.05, 0.1) is 34.4 Å². The van der Waals surface area contributed by atoms with E-state index >= 15 is 0 Å². The molecule has 524 valence electrons. The zero-order valence-corrected chi connectivity index (χ0v) is 60.1. The molecule has 90 heavy (non-hydrogen) atoms. The molecule has 0 amide bonds. The number of carboxylic acid groups (broad SMARTS) is 1. The van der Waals surface area contributed by atoms with Gasteiger partial charge in [-0.05, 0) is 64.2 Å². The average Bonchev–Trinajstić information content (AvgIpc) is 3.73. The van der Waals surface area contributed by atoms with E-state index in [1.165, 1.54) is 263 Å². The Kier molecular flexibility index (Phi) is 69.0. The number of carbonyl (C=O) groups excluding carboxylic acids is 2. The molecule has 0 saturated carbocycles. The van der Waals surface area contributed by atoms with Gasteiger partial charge >= 0.3 is 17.9 Å². The summed E-state index contributed by atoms with van der Waals surface area (Å²) < 4.78 is 23.0. The summed E-state index contributed by atoms with van der Waals surface area (Å²) in [4.78, 5) is 37.7. The number of esters is 2. The van der Waals surface area contributed by atoms with Crippen LogP contribution in [0, 0.1) is 0 Å². The SMILES string of the molecule is CC/C=C\C/C=C\C/C=C\C/C=C\C/C=C\C/C=C\CCCCCCCCCCCCCCCCCCCCCCCCC(=O)OC(COC(=O)CCCCCCCCCCCCCCCCCCCCCCCCCC)COC(OCC[N+](C)(C)C)C(=O)O. The van der Waals surface area contributed by atoms with Gasteiger partial charge in [-0.2, -0.15) is 0 Å². The lowest BCUT2D eigenvalue weighted by molar-refractivity contribution is -0.870. The molecule has 2 atom stereocenters. The lowest BCUT2D eigenvalue weighted by atomic mass is 10.0. The third kappa shape index (κ3) is 72.2. The number of rotatable bonds is 72. The number of carboxylic acids is 1. The normalized spacial score (nSPS) is 13.0. The molecule has 0 aliphatic carbocycles. The highest BCUT2D eigenvalue weighted by Gasteiger charge is 2.25. The third-order valence-electron chi connectivity index (χ3n) is 17.2. The largest absolute Gasteiger partial charge is 0.477 e. The van der Waals surface area contributed by atoms with Gasteiger partial charge in [0.15, 0.2) is 6.10 Å². The zero-order valence-electron chi connectivity index (χ0n) is 60.1. The van der Waals surface area contributed by atoms with Crippen LogP contribution in [0.2, 0.25) is 0 Å². The molecule has 0 aromatic heterocycles. The summed E-state index contributed by atoms with van der Waals surface area (Å²) in [6.45, 7) is 4.83. The van der Waals surface area contributed by atoms with Crippen molar-refractivity contribution in [3.8, 4) is 0 Å². The van der Waals surface area contributed by atoms with Crippen molar-refractivity contribution in [3.05, 3.63) is 72.9 Å². The Morgan fingerprint density at radius 2 is 0.633 bits per heavy atom. The van der Waals surface area contributed by atoms with Crippen molar-refractivity contribution < 1.29 is 42.9 Å². The number of aliphatic carboxylic acids is 1. The van der Waals surface area contributed by atoms with Crippen molar-refractivity contribution in [2.75, 3.05) is 47.5 Å². The molecule has 0 saturated heterocycles. The summed E-state index contributed by atoms with van der Waals surface area (Å²) >= 11 is 0. The second-order valence-electron chi connectivity index (χ2n) is 27.3. The molecule has 0 aliphatic heterocycles. The Morgan fingerprint density at radius 1 is 0.344 bits per heavy atom. The van der Waals surface area contributed by atoms with Crippen LogP contribution in [0.5, 0.6) is 0 Å². The number of allylic oxidation sites excluding steroid dienone is 12. The van der Waals surface area contributed by atoms with Gasteiger partial charge < -0.3 is 28.5 Å². The summed E-state index contributed by atoms with van der Waals surface area (Å²) in [6, 6.07) is 0. The van der Waals surface area contributed by atoms with Crippen molar-refractivity contribution in [1.82, 2.24) is 0 Å². The van der Waals surface area contributed by atoms with E-state index in [2.05, 4.69) is 86.8 Å². The minimum atomic E-state index is -1.51. The van der Waals surface area contributed by atoms with Crippen molar-refractivity contribution in [2.24, 2.45) is 0 Å². The lowest BCUT2D eigenvalue weighted by Gasteiger charge is -2.25. The number of nitrogens with zero attached hydrogens (tertiary/aromatic N) is 1. The van der Waals surface area contributed by atoms with Gasteiger partial charge in [0, 0.05) is 12.8 Å². The van der Waals surface area contributed by atoms with Crippen LogP contribution >= 0.6 is 0 Å². The topological polar surface area (TPSA) is 108 Å².